The van der Waals surface area contributed by atoms with Gasteiger partial charge in [0.25, 0.3) is 5.69 Å². The molecule has 1 heterocycles. The molecule has 10 nitrogen and oxygen atoms in total. The second-order valence-electron chi connectivity index (χ2n) is 7.42. The summed E-state index contributed by atoms with van der Waals surface area (Å²) in [7, 11) is 4.59. The molecule has 2 N–H and O–H groups in total. The predicted molar refractivity (Wildman–Crippen MR) is 108 cm³/mol. The number of nitriles is 3. The summed E-state index contributed by atoms with van der Waals surface area (Å²) in [5.41, 5.74) is 4.55. The molecule has 2 aliphatic rings. The Morgan fingerprint density at radius 3 is 2.35 bits per heavy atom. The van der Waals surface area contributed by atoms with Crippen LogP contribution in [-0.2, 0) is 0 Å². The molecule has 1 aromatic carbocycles. The van der Waals surface area contributed by atoms with Crippen molar-refractivity contribution in [3.05, 3.63) is 50.7 Å². The molecule has 10 heteroatoms. The van der Waals surface area contributed by atoms with Gasteiger partial charge >= 0.3 is 0 Å². The zero-order valence-corrected chi connectivity index (χ0v) is 17.2. The molecule has 2 atom stereocenters. The van der Waals surface area contributed by atoms with E-state index in [0.29, 0.717) is 18.7 Å². The molecule has 158 valence electrons. The molecule has 0 saturated carbocycles. The number of rotatable bonds is 4. The summed E-state index contributed by atoms with van der Waals surface area (Å²) in [6, 6.07) is 8.61. The Hall–Kier alpha value is -4.07. The molecule has 0 aromatic heterocycles. The Balaban J connectivity index is 2.45. The fraction of sp³-hybridized carbons (Fsp3) is 0.381. The third-order valence-electron chi connectivity index (χ3n) is 5.91. The Morgan fingerprint density at radius 1 is 1.23 bits per heavy atom. The van der Waals surface area contributed by atoms with Gasteiger partial charge in [-0.2, -0.15) is 15.8 Å². The molecule has 1 aliphatic carbocycles. The molecule has 0 spiro atoms. The van der Waals surface area contributed by atoms with Crippen LogP contribution in [0.25, 0.3) is 0 Å². The first-order chi connectivity index (χ1) is 14.8. The van der Waals surface area contributed by atoms with Crippen molar-refractivity contribution in [1.29, 1.82) is 15.8 Å². The summed E-state index contributed by atoms with van der Waals surface area (Å²) in [4.78, 5) is 13.3. The molecule has 0 radical (unpaired) electrons. The van der Waals surface area contributed by atoms with Crippen molar-refractivity contribution in [1.82, 2.24) is 4.90 Å². The van der Waals surface area contributed by atoms with E-state index in [-0.39, 0.29) is 34.0 Å². The minimum atomic E-state index is -1.98. The van der Waals surface area contributed by atoms with Gasteiger partial charge in [-0.25, -0.2) is 0 Å². The highest BCUT2D eigenvalue weighted by molar-refractivity contribution is 5.64. The van der Waals surface area contributed by atoms with Crippen molar-refractivity contribution >= 4 is 5.69 Å². The van der Waals surface area contributed by atoms with Gasteiger partial charge in [0.1, 0.15) is 6.07 Å². The standard InChI is InChI=1S/C21H20N6O4/c1-26-5-4-12-14(8-22)20(25)21(10-23,11-24)19(15(12)9-26)13-6-17(30-2)18(31-3)7-16(13)27(28)29/h4,6-7,15,19H,5,9,25H2,1-3H3/t15-,19+/m0/s1. The van der Waals surface area contributed by atoms with Crippen molar-refractivity contribution in [2.45, 2.75) is 5.92 Å². The van der Waals surface area contributed by atoms with Gasteiger partial charge in [-0.1, -0.05) is 6.08 Å². The van der Waals surface area contributed by atoms with E-state index in [9.17, 15) is 25.9 Å². The van der Waals surface area contributed by atoms with E-state index < -0.39 is 22.2 Å². The first kappa shape index (κ1) is 21.6. The SMILES string of the molecule is COc1cc([C@@H]2[C@H]3CN(C)CC=C3C(C#N)=C(N)C2(C#N)C#N)c([N+](=O)[O-])cc1OC. The summed E-state index contributed by atoms with van der Waals surface area (Å²) in [6.07, 6.45) is 1.82. The predicted octanol–water partition coefficient (Wildman–Crippen LogP) is 1.97. The van der Waals surface area contributed by atoms with E-state index in [4.69, 9.17) is 15.2 Å². The molecule has 31 heavy (non-hydrogen) atoms. The van der Waals surface area contributed by atoms with Gasteiger partial charge < -0.3 is 20.1 Å². The number of hydrogen-bond donors (Lipinski definition) is 1. The molecule has 1 aromatic rings. The smallest absolute Gasteiger partial charge is 0.276 e. The molecular formula is C21H20N6O4. The summed E-state index contributed by atoms with van der Waals surface area (Å²) < 4.78 is 10.5. The van der Waals surface area contributed by atoms with Gasteiger partial charge in [0.15, 0.2) is 16.9 Å². The molecule has 0 fully saturated rings. The second-order valence-corrected chi connectivity index (χ2v) is 7.42. The highest BCUT2D eigenvalue weighted by Gasteiger charge is 2.56. The zero-order valence-electron chi connectivity index (χ0n) is 17.2. The van der Waals surface area contributed by atoms with Crippen LogP contribution in [0.1, 0.15) is 11.5 Å². The average molecular weight is 420 g/mol. The molecule has 0 bridgehead atoms. The Labute approximate surface area is 179 Å². The van der Waals surface area contributed by atoms with Crippen LogP contribution in [0.5, 0.6) is 11.5 Å². The van der Waals surface area contributed by atoms with Crippen molar-refractivity contribution in [2.75, 3.05) is 34.4 Å². The number of likely N-dealkylation sites (N-methyl/N-ethyl adjacent to an activating group) is 1. The number of methoxy groups -OCH3 is 2. The van der Waals surface area contributed by atoms with Gasteiger partial charge in [-0.3, -0.25) is 10.1 Å². The van der Waals surface area contributed by atoms with Crippen LogP contribution >= 0.6 is 0 Å². The van der Waals surface area contributed by atoms with Crippen molar-refractivity contribution in [3.8, 4) is 29.7 Å². The van der Waals surface area contributed by atoms with E-state index in [1.54, 1.807) is 0 Å². The number of nitro groups is 1. The number of hydrogen-bond acceptors (Lipinski definition) is 9. The average Bonchev–Trinajstić information content (AvgIpc) is 2.77. The van der Waals surface area contributed by atoms with Crippen LogP contribution < -0.4 is 15.2 Å². The third kappa shape index (κ3) is 3.13. The van der Waals surface area contributed by atoms with Gasteiger partial charge in [0.05, 0.1) is 48.6 Å². The number of fused-ring (bicyclic) bond motifs is 1. The fourth-order valence-corrected chi connectivity index (χ4v) is 4.46. The monoisotopic (exact) mass is 420 g/mol. The van der Waals surface area contributed by atoms with Crippen molar-refractivity contribution < 1.29 is 14.4 Å². The number of benzene rings is 1. The van der Waals surface area contributed by atoms with E-state index in [1.807, 2.05) is 36.2 Å². The van der Waals surface area contributed by atoms with Crippen LogP contribution in [0, 0.1) is 55.4 Å². The lowest BCUT2D eigenvalue weighted by molar-refractivity contribution is -0.386. The molecule has 0 amide bonds. The van der Waals surface area contributed by atoms with E-state index in [0.717, 1.165) is 0 Å². The maximum atomic E-state index is 12.0. The van der Waals surface area contributed by atoms with Gasteiger partial charge in [0.2, 0.25) is 0 Å². The number of allylic oxidation sites excluding steroid dienone is 2. The zero-order chi connectivity index (χ0) is 22.9. The summed E-state index contributed by atoms with van der Waals surface area (Å²) >= 11 is 0. The first-order valence-electron chi connectivity index (χ1n) is 9.31. The lowest BCUT2D eigenvalue weighted by Crippen LogP contribution is -2.47. The maximum Gasteiger partial charge on any atom is 0.276 e. The van der Waals surface area contributed by atoms with Crippen LogP contribution in [0.4, 0.5) is 5.69 Å². The van der Waals surface area contributed by atoms with Gasteiger partial charge in [0, 0.05) is 30.5 Å². The largest absolute Gasteiger partial charge is 0.493 e. The molecular weight excluding hydrogens is 400 g/mol. The van der Waals surface area contributed by atoms with Crippen LogP contribution in [0.3, 0.4) is 0 Å². The minimum Gasteiger partial charge on any atom is -0.493 e. The minimum absolute atomic E-state index is 0.0839. The van der Waals surface area contributed by atoms with Gasteiger partial charge in [-0.15, -0.1) is 0 Å². The van der Waals surface area contributed by atoms with Gasteiger partial charge in [-0.05, 0) is 18.7 Å². The highest BCUT2D eigenvalue weighted by Crippen LogP contribution is 2.56. The molecule has 1 aliphatic heterocycles. The number of nitro benzene ring substituents is 1. The van der Waals surface area contributed by atoms with E-state index in [2.05, 4.69) is 0 Å². The van der Waals surface area contributed by atoms with E-state index >= 15 is 0 Å². The van der Waals surface area contributed by atoms with Crippen LogP contribution in [-0.4, -0.2) is 44.2 Å². The van der Waals surface area contributed by atoms with E-state index in [1.165, 1.54) is 26.4 Å². The second kappa shape index (κ2) is 7.98. The van der Waals surface area contributed by atoms with Crippen LogP contribution in [0.2, 0.25) is 0 Å². The Morgan fingerprint density at radius 2 is 1.84 bits per heavy atom. The highest BCUT2D eigenvalue weighted by atomic mass is 16.6. The van der Waals surface area contributed by atoms with Crippen molar-refractivity contribution in [2.24, 2.45) is 17.1 Å². The lowest BCUT2D eigenvalue weighted by Gasteiger charge is -2.44. The lowest BCUT2D eigenvalue weighted by atomic mass is 9.58. The van der Waals surface area contributed by atoms with Crippen LogP contribution in [0.15, 0.2) is 35.1 Å². The summed E-state index contributed by atoms with van der Waals surface area (Å²) in [5, 5.41) is 41.9. The summed E-state index contributed by atoms with van der Waals surface area (Å²) in [6.45, 7) is 0.919. The number of ether oxygens (including phenoxy) is 2. The topological polar surface area (TPSA) is 162 Å². The molecule has 0 saturated heterocycles. The summed E-state index contributed by atoms with van der Waals surface area (Å²) in [5.74, 6) is -1.19. The Kier molecular flexibility index (Phi) is 5.57. The first-order valence-corrected chi connectivity index (χ1v) is 9.31. The normalized spacial score (nSPS) is 22.3. The van der Waals surface area contributed by atoms with Crippen molar-refractivity contribution in [3.63, 3.8) is 0 Å². The third-order valence-corrected chi connectivity index (χ3v) is 5.91. The Bertz CT molecular complexity index is 1120. The maximum absolute atomic E-state index is 12.0. The fourth-order valence-electron chi connectivity index (χ4n) is 4.46. The number of nitrogens with two attached hydrogens (primary N) is 1. The molecule has 0 unspecified atom stereocenters. The quantitative estimate of drug-likeness (QED) is 0.566. The number of nitrogens with zero attached hydrogens (tertiary/aromatic N) is 5. The molecule has 3 rings (SSSR count).